The number of amides is 1. The number of hydrogen-bond donors (Lipinski definition) is 2. The van der Waals surface area contributed by atoms with Crippen LogP contribution in [0, 0.1) is 23.2 Å². The summed E-state index contributed by atoms with van der Waals surface area (Å²) in [6.45, 7) is 4.88. The van der Waals surface area contributed by atoms with Crippen LogP contribution in [0.5, 0.6) is 0 Å². The molecule has 0 aliphatic heterocycles. The topological polar surface area (TPSA) is 55.1 Å². The smallest absolute Gasteiger partial charge is 0.240 e. The van der Waals surface area contributed by atoms with Crippen LogP contribution >= 0.6 is 0 Å². The fourth-order valence-corrected chi connectivity index (χ4v) is 5.52. The van der Waals surface area contributed by atoms with Gasteiger partial charge < -0.3 is 11.1 Å². The minimum atomic E-state index is -0.664. The van der Waals surface area contributed by atoms with Gasteiger partial charge in [-0.2, -0.15) is 0 Å². The second-order valence-corrected chi connectivity index (χ2v) is 7.96. The SMILES string of the molecule is CCC(N)(CC)C(=O)NCC12CC3CC(CC(C3)C1)C2. The summed E-state index contributed by atoms with van der Waals surface area (Å²) in [6.07, 6.45) is 9.83. The molecule has 0 unspecified atom stereocenters. The van der Waals surface area contributed by atoms with Crippen LogP contribution in [0.4, 0.5) is 0 Å². The van der Waals surface area contributed by atoms with E-state index in [9.17, 15) is 4.79 Å². The number of nitrogens with two attached hydrogens (primary N) is 1. The molecule has 0 aromatic rings. The van der Waals surface area contributed by atoms with Crippen molar-refractivity contribution in [2.75, 3.05) is 6.54 Å². The van der Waals surface area contributed by atoms with Crippen molar-refractivity contribution in [2.45, 2.75) is 70.8 Å². The summed E-state index contributed by atoms with van der Waals surface area (Å²) >= 11 is 0. The van der Waals surface area contributed by atoms with Crippen LogP contribution < -0.4 is 11.1 Å². The van der Waals surface area contributed by atoms with E-state index in [0.29, 0.717) is 5.41 Å². The van der Waals surface area contributed by atoms with Crippen molar-refractivity contribution in [2.24, 2.45) is 28.9 Å². The highest BCUT2D eigenvalue weighted by Gasteiger charge is 2.51. The number of hydrogen-bond acceptors (Lipinski definition) is 2. The first-order chi connectivity index (χ1) is 9.48. The summed E-state index contributed by atoms with van der Waals surface area (Å²) in [5.41, 5.74) is 5.95. The van der Waals surface area contributed by atoms with Gasteiger partial charge in [-0.25, -0.2) is 0 Å². The van der Waals surface area contributed by atoms with Gasteiger partial charge in [-0.3, -0.25) is 4.79 Å². The molecule has 0 aromatic carbocycles. The molecule has 0 aromatic heterocycles. The second-order valence-electron chi connectivity index (χ2n) is 7.96. The lowest BCUT2D eigenvalue weighted by atomic mass is 9.49. The average Bonchev–Trinajstić information content (AvgIpc) is 2.42. The minimum Gasteiger partial charge on any atom is -0.354 e. The Kier molecular flexibility index (Phi) is 3.60. The fourth-order valence-electron chi connectivity index (χ4n) is 5.52. The number of carbonyl (C=O) groups excluding carboxylic acids is 1. The van der Waals surface area contributed by atoms with E-state index in [4.69, 9.17) is 5.73 Å². The summed E-state index contributed by atoms with van der Waals surface area (Å²) < 4.78 is 0. The molecule has 3 nitrogen and oxygen atoms in total. The zero-order valence-corrected chi connectivity index (χ0v) is 13.1. The molecule has 4 aliphatic rings. The molecule has 1 amide bonds. The van der Waals surface area contributed by atoms with Gasteiger partial charge in [0.05, 0.1) is 5.54 Å². The van der Waals surface area contributed by atoms with E-state index in [1.54, 1.807) is 0 Å². The molecule has 4 bridgehead atoms. The van der Waals surface area contributed by atoms with Crippen molar-refractivity contribution in [3.63, 3.8) is 0 Å². The van der Waals surface area contributed by atoms with Crippen LogP contribution in [-0.2, 0) is 4.79 Å². The van der Waals surface area contributed by atoms with Crippen molar-refractivity contribution in [3.05, 3.63) is 0 Å². The molecule has 4 fully saturated rings. The minimum absolute atomic E-state index is 0.0678. The summed E-state index contributed by atoms with van der Waals surface area (Å²) in [7, 11) is 0. The third-order valence-corrected chi connectivity index (χ3v) is 6.50. The molecule has 0 saturated heterocycles. The monoisotopic (exact) mass is 278 g/mol. The molecule has 4 aliphatic carbocycles. The molecule has 0 radical (unpaired) electrons. The van der Waals surface area contributed by atoms with Crippen molar-refractivity contribution in [1.29, 1.82) is 0 Å². The molecular formula is C17H30N2O. The lowest BCUT2D eigenvalue weighted by Gasteiger charge is -2.57. The largest absolute Gasteiger partial charge is 0.354 e. The van der Waals surface area contributed by atoms with Crippen molar-refractivity contribution in [3.8, 4) is 0 Å². The van der Waals surface area contributed by atoms with E-state index in [0.717, 1.165) is 37.1 Å². The van der Waals surface area contributed by atoms with Gasteiger partial charge in [0.2, 0.25) is 5.91 Å². The molecule has 0 atom stereocenters. The van der Waals surface area contributed by atoms with E-state index < -0.39 is 5.54 Å². The second kappa shape index (κ2) is 5.01. The van der Waals surface area contributed by atoms with Gasteiger partial charge >= 0.3 is 0 Å². The van der Waals surface area contributed by atoms with Crippen molar-refractivity contribution < 1.29 is 4.79 Å². The Hall–Kier alpha value is -0.570. The zero-order chi connectivity index (χ0) is 14.4. The van der Waals surface area contributed by atoms with Crippen LogP contribution in [0.15, 0.2) is 0 Å². The van der Waals surface area contributed by atoms with Gasteiger partial charge in [-0.05, 0) is 74.5 Å². The third-order valence-electron chi connectivity index (χ3n) is 6.50. The molecule has 20 heavy (non-hydrogen) atoms. The van der Waals surface area contributed by atoms with Crippen LogP contribution in [0.3, 0.4) is 0 Å². The molecule has 114 valence electrons. The average molecular weight is 278 g/mol. The maximum Gasteiger partial charge on any atom is 0.240 e. The lowest BCUT2D eigenvalue weighted by molar-refractivity contribution is -0.128. The Morgan fingerprint density at radius 1 is 1.10 bits per heavy atom. The van der Waals surface area contributed by atoms with E-state index in [2.05, 4.69) is 5.32 Å². The van der Waals surface area contributed by atoms with Crippen molar-refractivity contribution in [1.82, 2.24) is 5.32 Å². The quantitative estimate of drug-likeness (QED) is 0.812. The van der Waals surface area contributed by atoms with E-state index in [-0.39, 0.29) is 5.91 Å². The summed E-state index contributed by atoms with van der Waals surface area (Å²) in [5, 5.41) is 3.22. The maximum atomic E-state index is 12.4. The van der Waals surface area contributed by atoms with E-state index in [1.165, 1.54) is 38.5 Å². The van der Waals surface area contributed by atoms with Crippen LogP contribution in [-0.4, -0.2) is 18.0 Å². The van der Waals surface area contributed by atoms with Gasteiger partial charge in [0.1, 0.15) is 0 Å². The number of rotatable bonds is 5. The van der Waals surface area contributed by atoms with Gasteiger partial charge in [0, 0.05) is 6.54 Å². The Morgan fingerprint density at radius 3 is 1.95 bits per heavy atom. The van der Waals surface area contributed by atoms with Gasteiger partial charge in [0.15, 0.2) is 0 Å². The van der Waals surface area contributed by atoms with Gasteiger partial charge in [-0.15, -0.1) is 0 Å². The predicted octanol–water partition coefficient (Wildman–Crippen LogP) is 2.84. The first kappa shape index (κ1) is 14.4. The molecule has 0 heterocycles. The number of nitrogens with one attached hydrogen (secondary N) is 1. The molecular weight excluding hydrogens is 248 g/mol. The van der Waals surface area contributed by atoms with Crippen LogP contribution in [0.2, 0.25) is 0 Å². The normalized spacial score (nSPS) is 39.0. The zero-order valence-electron chi connectivity index (χ0n) is 13.1. The number of carbonyl (C=O) groups is 1. The maximum absolute atomic E-state index is 12.4. The summed E-state index contributed by atoms with van der Waals surface area (Å²) in [5.74, 6) is 2.90. The van der Waals surface area contributed by atoms with Crippen molar-refractivity contribution >= 4 is 5.91 Å². The highest BCUT2D eigenvalue weighted by atomic mass is 16.2. The first-order valence-corrected chi connectivity index (χ1v) is 8.56. The van der Waals surface area contributed by atoms with Crippen LogP contribution in [0.1, 0.15) is 65.2 Å². The standard InChI is InChI=1S/C17H30N2O/c1-3-17(18,4-2)15(20)19-11-16-8-12-5-13(9-16)7-14(6-12)10-16/h12-14H,3-11,18H2,1-2H3,(H,19,20). The highest BCUT2D eigenvalue weighted by molar-refractivity contribution is 5.85. The predicted molar refractivity (Wildman–Crippen MR) is 81.1 cm³/mol. The van der Waals surface area contributed by atoms with E-state index >= 15 is 0 Å². The third kappa shape index (κ3) is 2.38. The molecule has 0 spiro atoms. The van der Waals surface area contributed by atoms with Gasteiger partial charge in [0.25, 0.3) is 0 Å². The van der Waals surface area contributed by atoms with E-state index in [1.807, 2.05) is 13.8 Å². The molecule has 4 saturated carbocycles. The summed E-state index contributed by atoms with van der Waals surface area (Å²) in [4.78, 5) is 12.4. The van der Waals surface area contributed by atoms with Crippen LogP contribution in [0.25, 0.3) is 0 Å². The Morgan fingerprint density at radius 2 is 1.55 bits per heavy atom. The Bertz CT molecular complexity index is 351. The molecule has 3 N–H and O–H groups in total. The Labute approximate surface area is 123 Å². The first-order valence-electron chi connectivity index (χ1n) is 8.56. The van der Waals surface area contributed by atoms with Gasteiger partial charge in [-0.1, -0.05) is 13.8 Å². The lowest BCUT2D eigenvalue weighted by Crippen LogP contribution is -2.57. The molecule has 4 rings (SSSR count). The fraction of sp³-hybridized carbons (Fsp3) is 0.941. The highest BCUT2D eigenvalue weighted by Crippen LogP contribution is 2.59. The molecule has 3 heteroatoms. The Balaban J connectivity index is 1.62. The summed E-state index contributed by atoms with van der Waals surface area (Å²) in [6, 6.07) is 0.